The highest BCUT2D eigenvalue weighted by Crippen LogP contribution is 2.15. The molecule has 5 heteroatoms. The Labute approximate surface area is 269 Å². The van der Waals surface area contributed by atoms with Gasteiger partial charge in [0.2, 0.25) is 0 Å². The number of aliphatic hydroxyl groups is 2. The molecular formula is C38H79NO4. The minimum atomic E-state index is -0.655. The normalized spacial score (nSPS) is 11.8. The van der Waals surface area contributed by atoms with E-state index in [1.165, 1.54) is 173 Å². The molecule has 0 bridgehead atoms. The van der Waals surface area contributed by atoms with Crippen LogP contribution in [-0.4, -0.2) is 47.1 Å². The molecule has 4 N–H and O–H groups in total. The first-order chi connectivity index (χ1) is 21.1. The van der Waals surface area contributed by atoms with Gasteiger partial charge in [0.05, 0.1) is 13.2 Å². The minimum Gasteiger partial charge on any atom is -0.481 e. The van der Waals surface area contributed by atoms with Gasteiger partial charge in [-0.3, -0.25) is 4.79 Å². The van der Waals surface area contributed by atoms with Crippen LogP contribution in [0.25, 0.3) is 0 Å². The van der Waals surface area contributed by atoms with E-state index >= 15 is 0 Å². The van der Waals surface area contributed by atoms with Crippen molar-refractivity contribution in [3.05, 3.63) is 0 Å². The maximum atomic E-state index is 10.3. The van der Waals surface area contributed by atoms with Crippen LogP contribution in [0.15, 0.2) is 0 Å². The maximum absolute atomic E-state index is 10.3. The SMILES string of the molecule is CCCCCCCCCCCCCCCC(=O)O.CCCCCCCCCCCCCCCCCCC(CO)NCCO. The van der Waals surface area contributed by atoms with E-state index in [4.69, 9.17) is 10.2 Å². The second-order valence-corrected chi connectivity index (χ2v) is 13.0. The highest BCUT2D eigenvalue weighted by molar-refractivity contribution is 5.66. The topological polar surface area (TPSA) is 89.8 Å². The zero-order valence-electron chi connectivity index (χ0n) is 29.4. The van der Waals surface area contributed by atoms with Crippen LogP contribution in [0.3, 0.4) is 0 Å². The average Bonchev–Trinajstić information content (AvgIpc) is 3.01. The maximum Gasteiger partial charge on any atom is 0.303 e. The van der Waals surface area contributed by atoms with E-state index in [0.717, 1.165) is 19.3 Å². The van der Waals surface area contributed by atoms with Gasteiger partial charge in [0.25, 0.3) is 0 Å². The standard InChI is InChI=1S/C22H47NO2.C16H32O2/c1-2-3-4-5-6-7-8-9-10-11-12-13-14-15-16-17-18-22(21-25)23-19-20-24;1-2-3-4-5-6-7-8-9-10-11-12-13-14-15-16(17)18/h22-25H,2-21H2,1H3;2-15H2,1H3,(H,17,18). The lowest BCUT2D eigenvalue weighted by Crippen LogP contribution is -2.34. The third kappa shape index (κ3) is 43.5. The number of aliphatic carboxylic acids is 1. The van der Waals surface area contributed by atoms with Crippen LogP contribution >= 0.6 is 0 Å². The second-order valence-electron chi connectivity index (χ2n) is 13.0. The molecule has 0 aliphatic rings. The number of unbranched alkanes of at least 4 members (excludes halogenated alkanes) is 27. The van der Waals surface area contributed by atoms with Crippen LogP contribution in [0.5, 0.6) is 0 Å². The van der Waals surface area contributed by atoms with Gasteiger partial charge >= 0.3 is 5.97 Å². The van der Waals surface area contributed by atoms with Gasteiger partial charge < -0.3 is 20.6 Å². The van der Waals surface area contributed by atoms with Crippen molar-refractivity contribution in [2.45, 2.75) is 219 Å². The Morgan fingerprint density at radius 3 is 1.07 bits per heavy atom. The molecule has 0 aromatic carbocycles. The largest absolute Gasteiger partial charge is 0.481 e. The first kappa shape index (κ1) is 44.5. The van der Waals surface area contributed by atoms with Crippen LogP contribution in [0, 0.1) is 0 Å². The second kappa shape index (κ2) is 41.4. The highest BCUT2D eigenvalue weighted by atomic mass is 16.4. The number of carbonyl (C=O) groups is 1. The van der Waals surface area contributed by atoms with E-state index in [0.29, 0.717) is 13.0 Å². The molecule has 43 heavy (non-hydrogen) atoms. The lowest BCUT2D eigenvalue weighted by atomic mass is 10.0. The molecule has 260 valence electrons. The summed E-state index contributed by atoms with van der Waals surface area (Å²) in [4.78, 5) is 10.3. The summed E-state index contributed by atoms with van der Waals surface area (Å²) in [6.07, 6.45) is 40.6. The number of rotatable bonds is 35. The Bertz CT molecular complexity index is 502. The fourth-order valence-corrected chi connectivity index (χ4v) is 5.76. The van der Waals surface area contributed by atoms with Crippen molar-refractivity contribution in [3.8, 4) is 0 Å². The van der Waals surface area contributed by atoms with E-state index in [1.807, 2.05) is 0 Å². The number of nitrogens with one attached hydrogen (secondary N) is 1. The number of carboxylic acid groups (broad SMARTS) is 1. The van der Waals surface area contributed by atoms with Gasteiger partial charge in [-0.25, -0.2) is 0 Å². The summed E-state index contributed by atoms with van der Waals surface area (Å²) in [7, 11) is 0. The molecule has 0 spiro atoms. The summed E-state index contributed by atoms with van der Waals surface area (Å²) >= 11 is 0. The third-order valence-corrected chi connectivity index (χ3v) is 8.67. The Morgan fingerprint density at radius 1 is 0.488 bits per heavy atom. The molecule has 0 radical (unpaired) electrons. The van der Waals surface area contributed by atoms with E-state index < -0.39 is 5.97 Å². The van der Waals surface area contributed by atoms with Crippen LogP contribution in [0.1, 0.15) is 213 Å². The van der Waals surface area contributed by atoms with Crippen molar-refractivity contribution in [1.82, 2.24) is 5.32 Å². The van der Waals surface area contributed by atoms with Crippen LogP contribution in [0.2, 0.25) is 0 Å². The molecule has 1 atom stereocenters. The highest BCUT2D eigenvalue weighted by Gasteiger charge is 2.05. The van der Waals surface area contributed by atoms with Crippen molar-refractivity contribution in [1.29, 1.82) is 0 Å². The summed E-state index contributed by atoms with van der Waals surface area (Å²) < 4.78 is 0. The van der Waals surface area contributed by atoms with Crippen molar-refractivity contribution in [3.63, 3.8) is 0 Å². The molecule has 0 amide bonds. The van der Waals surface area contributed by atoms with Crippen molar-refractivity contribution in [2.75, 3.05) is 19.8 Å². The first-order valence-corrected chi connectivity index (χ1v) is 19.3. The Hall–Kier alpha value is -0.650. The average molecular weight is 614 g/mol. The summed E-state index contributed by atoms with van der Waals surface area (Å²) in [6, 6.07) is 0.166. The van der Waals surface area contributed by atoms with Gasteiger partial charge in [-0.15, -0.1) is 0 Å². The first-order valence-electron chi connectivity index (χ1n) is 19.3. The van der Waals surface area contributed by atoms with Crippen LogP contribution in [0.4, 0.5) is 0 Å². The molecule has 0 aromatic heterocycles. The summed E-state index contributed by atoms with van der Waals surface area (Å²) in [5.74, 6) is -0.655. The van der Waals surface area contributed by atoms with Gasteiger partial charge in [-0.2, -0.15) is 0 Å². The molecular weight excluding hydrogens is 534 g/mol. The van der Waals surface area contributed by atoms with E-state index in [1.54, 1.807) is 0 Å². The number of carboxylic acids is 1. The lowest BCUT2D eigenvalue weighted by molar-refractivity contribution is -0.137. The molecule has 0 fully saturated rings. The van der Waals surface area contributed by atoms with E-state index in [9.17, 15) is 9.90 Å². The Kier molecular flexibility index (Phi) is 42.8. The molecule has 1 unspecified atom stereocenters. The smallest absolute Gasteiger partial charge is 0.303 e. The Morgan fingerprint density at radius 2 is 0.791 bits per heavy atom. The molecule has 0 saturated heterocycles. The number of aliphatic hydroxyl groups excluding tert-OH is 2. The molecule has 0 heterocycles. The molecule has 5 nitrogen and oxygen atoms in total. The quantitative estimate of drug-likeness (QED) is 0.0534. The molecule has 0 saturated carbocycles. The molecule has 0 rings (SSSR count). The minimum absolute atomic E-state index is 0.148. The lowest BCUT2D eigenvalue weighted by Gasteiger charge is -2.15. The fourth-order valence-electron chi connectivity index (χ4n) is 5.76. The molecule has 0 aromatic rings. The van der Waals surface area contributed by atoms with E-state index in [-0.39, 0.29) is 19.3 Å². The Balaban J connectivity index is 0. The van der Waals surface area contributed by atoms with Gasteiger partial charge in [-0.1, -0.05) is 194 Å². The van der Waals surface area contributed by atoms with Crippen molar-refractivity contribution >= 4 is 5.97 Å². The van der Waals surface area contributed by atoms with Crippen LogP contribution < -0.4 is 5.32 Å². The zero-order valence-corrected chi connectivity index (χ0v) is 29.4. The fraction of sp³-hybridized carbons (Fsp3) is 0.974. The van der Waals surface area contributed by atoms with Gasteiger partial charge in [-0.05, 0) is 12.8 Å². The van der Waals surface area contributed by atoms with E-state index in [2.05, 4.69) is 19.2 Å². The van der Waals surface area contributed by atoms with Crippen LogP contribution in [-0.2, 0) is 4.79 Å². The number of hydrogen-bond donors (Lipinski definition) is 4. The molecule has 0 aliphatic carbocycles. The summed E-state index contributed by atoms with van der Waals surface area (Å²) in [6.45, 7) is 5.46. The van der Waals surface area contributed by atoms with Crippen molar-refractivity contribution < 1.29 is 20.1 Å². The zero-order chi connectivity index (χ0) is 31.9. The predicted octanol–water partition coefficient (Wildman–Crippen LogP) is 11.1. The molecule has 0 aliphatic heterocycles. The van der Waals surface area contributed by atoms with Crippen molar-refractivity contribution in [2.24, 2.45) is 0 Å². The summed E-state index contributed by atoms with van der Waals surface area (Å²) in [5.41, 5.74) is 0. The number of hydrogen-bond acceptors (Lipinski definition) is 4. The summed E-state index contributed by atoms with van der Waals surface area (Å²) in [5, 5.41) is 29.7. The van der Waals surface area contributed by atoms with Gasteiger partial charge in [0.1, 0.15) is 0 Å². The van der Waals surface area contributed by atoms with Gasteiger partial charge in [0.15, 0.2) is 0 Å². The predicted molar refractivity (Wildman–Crippen MR) is 188 cm³/mol. The third-order valence-electron chi connectivity index (χ3n) is 8.67. The monoisotopic (exact) mass is 614 g/mol. The van der Waals surface area contributed by atoms with Gasteiger partial charge in [0, 0.05) is 19.0 Å².